The number of benzene rings is 1. The van der Waals surface area contributed by atoms with E-state index < -0.39 is 33.0 Å². The van der Waals surface area contributed by atoms with Crippen molar-refractivity contribution < 1.29 is 19.4 Å². The van der Waals surface area contributed by atoms with E-state index in [-0.39, 0.29) is 16.1 Å². The molecule has 0 fully saturated rings. The predicted molar refractivity (Wildman–Crippen MR) is 106 cm³/mol. The van der Waals surface area contributed by atoms with Crippen molar-refractivity contribution in [3.63, 3.8) is 0 Å². The molecule has 0 bridgehead atoms. The van der Waals surface area contributed by atoms with Gasteiger partial charge in [-0.25, -0.2) is 0 Å². The lowest BCUT2D eigenvalue weighted by molar-refractivity contribution is -0.394. The van der Waals surface area contributed by atoms with Crippen molar-refractivity contribution in [2.45, 2.75) is 38.5 Å². The van der Waals surface area contributed by atoms with Gasteiger partial charge in [0.15, 0.2) is 0 Å². The van der Waals surface area contributed by atoms with Crippen molar-refractivity contribution in [3.8, 4) is 0 Å². The molecule has 0 radical (unpaired) electrons. The van der Waals surface area contributed by atoms with Crippen molar-refractivity contribution >= 4 is 39.5 Å². The Morgan fingerprint density at radius 1 is 0.966 bits per heavy atom. The second kappa shape index (κ2) is 8.35. The first-order valence-electron chi connectivity index (χ1n) is 8.97. The van der Waals surface area contributed by atoms with E-state index in [4.69, 9.17) is 5.73 Å². The van der Waals surface area contributed by atoms with E-state index in [1.54, 1.807) is 0 Å². The number of nitrogens with two attached hydrogens (primary N) is 1. The van der Waals surface area contributed by atoms with Gasteiger partial charge in [-0.2, -0.15) is 0 Å². The number of hydrogen-bond donors (Lipinski definition) is 2. The standard InChI is InChI=1S/C18H18N4O6S/c19-16(23)15-13-5-3-1-2-4-6-14(13)29-18(15)20-17(24)10-7-11(21(25)26)9-12(8-10)22(27)28/h7-9H,1-6H2,(H2,19,23)(H,20,24). The summed E-state index contributed by atoms with van der Waals surface area (Å²) in [5.74, 6) is -1.45. The van der Waals surface area contributed by atoms with Gasteiger partial charge in [-0.1, -0.05) is 12.8 Å². The highest BCUT2D eigenvalue weighted by Gasteiger charge is 2.25. The summed E-state index contributed by atoms with van der Waals surface area (Å²) in [7, 11) is 0. The Bertz CT molecular complexity index is 984. The third-order valence-electron chi connectivity index (χ3n) is 4.73. The molecule has 10 nitrogen and oxygen atoms in total. The number of carbonyl (C=O) groups is 2. The van der Waals surface area contributed by atoms with E-state index in [1.165, 1.54) is 11.3 Å². The van der Waals surface area contributed by atoms with Gasteiger partial charge in [0.2, 0.25) is 0 Å². The third kappa shape index (κ3) is 4.40. The summed E-state index contributed by atoms with van der Waals surface area (Å²) in [4.78, 5) is 46.2. The fraction of sp³-hybridized carbons (Fsp3) is 0.333. The molecule has 0 spiro atoms. The second-order valence-electron chi connectivity index (χ2n) is 6.69. The molecule has 1 aliphatic carbocycles. The maximum absolute atomic E-state index is 12.7. The smallest absolute Gasteiger partial charge is 0.277 e. The SMILES string of the molecule is NC(=O)c1c(NC(=O)c2cc([N+](=O)[O-])cc([N+](=O)[O-])c2)sc2c1CCCCCC2. The summed E-state index contributed by atoms with van der Waals surface area (Å²) in [6, 6.07) is 2.69. The van der Waals surface area contributed by atoms with E-state index >= 15 is 0 Å². The van der Waals surface area contributed by atoms with Crippen LogP contribution in [0.3, 0.4) is 0 Å². The number of nitro benzene ring substituents is 2. The lowest BCUT2D eigenvalue weighted by Crippen LogP contribution is -2.18. The zero-order valence-corrected chi connectivity index (χ0v) is 16.1. The first kappa shape index (κ1) is 20.4. The number of primary amides is 1. The zero-order valence-electron chi connectivity index (χ0n) is 15.3. The first-order chi connectivity index (χ1) is 13.8. The van der Waals surface area contributed by atoms with Gasteiger partial charge in [-0.3, -0.25) is 29.8 Å². The van der Waals surface area contributed by atoms with Crippen LogP contribution < -0.4 is 11.1 Å². The second-order valence-corrected chi connectivity index (χ2v) is 7.80. The van der Waals surface area contributed by atoms with E-state index in [2.05, 4.69) is 5.32 Å². The summed E-state index contributed by atoms with van der Waals surface area (Å²) >= 11 is 1.26. The maximum atomic E-state index is 12.7. The minimum atomic E-state index is -0.810. The van der Waals surface area contributed by atoms with Crippen LogP contribution in [0.25, 0.3) is 0 Å². The molecule has 2 amide bonds. The summed E-state index contributed by atoms with van der Waals surface area (Å²) in [6.07, 6.45) is 5.47. The van der Waals surface area contributed by atoms with Crippen LogP contribution in [0.5, 0.6) is 0 Å². The molecule has 152 valence electrons. The number of rotatable bonds is 5. The normalized spacial score (nSPS) is 13.7. The topological polar surface area (TPSA) is 158 Å². The summed E-state index contributed by atoms with van der Waals surface area (Å²) < 4.78 is 0. The van der Waals surface area contributed by atoms with Crippen LogP contribution >= 0.6 is 11.3 Å². The zero-order chi connectivity index (χ0) is 21.1. The monoisotopic (exact) mass is 418 g/mol. The Balaban J connectivity index is 1.99. The Morgan fingerprint density at radius 3 is 2.10 bits per heavy atom. The fourth-order valence-electron chi connectivity index (χ4n) is 3.38. The molecule has 0 saturated heterocycles. The summed E-state index contributed by atoms with van der Waals surface area (Å²) in [6.45, 7) is 0. The van der Waals surface area contributed by atoms with Crippen molar-refractivity contribution in [1.29, 1.82) is 0 Å². The maximum Gasteiger partial charge on any atom is 0.277 e. The van der Waals surface area contributed by atoms with Crippen molar-refractivity contribution in [3.05, 3.63) is 60.0 Å². The number of non-ortho nitro benzene ring substituents is 2. The fourth-order valence-corrected chi connectivity index (χ4v) is 4.67. The number of amides is 2. The molecule has 1 aromatic heterocycles. The molecular weight excluding hydrogens is 400 g/mol. The molecule has 3 rings (SSSR count). The Labute approximate surface area is 169 Å². The number of hydrogen-bond acceptors (Lipinski definition) is 7. The Morgan fingerprint density at radius 2 is 1.55 bits per heavy atom. The molecule has 1 aliphatic rings. The molecule has 29 heavy (non-hydrogen) atoms. The van der Waals surface area contributed by atoms with E-state index in [0.29, 0.717) is 6.42 Å². The van der Waals surface area contributed by atoms with E-state index in [1.807, 2.05) is 0 Å². The van der Waals surface area contributed by atoms with Gasteiger partial charge in [-0.05, 0) is 31.2 Å². The van der Waals surface area contributed by atoms with Gasteiger partial charge in [0.05, 0.1) is 27.0 Å². The van der Waals surface area contributed by atoms with Crippen LogP contribution in [-0.4, -0.2) is 21.7 Å². The summed E-state index contributed by atoms with van der Waals surface area (Å²) in [5.41, 5.74) is 5.25. The number of thiophene rings is 1. The van der Waals surface area contributed by atoms with Crippen LogP contribution in [0, 0.1) is 20.2 Å². The minimum Gasteiger partial charge on any atom is -0.365 e. The molecule has 2 aromatic rings. The van der Waals surface area contributed by atoms with Crippen LogP contribution in [0.1, 0.15) is 56.8 Å². The Kier molecular flexibility index (Phi) is 5.87. The minimum absolute atomic E-state index is 0.248. The highest BCUT2D eigenvalue weighted by molar-refractivity contribution is 7.17. The molecule has 1 heterocycles. The number of carbonyl (C=O) groups excluding carboxylic acids is 2. The van der Waals surface area contributed by atoms with Gasteiger partial charge in [-0.15, -0.1) is 11.3 Å². The Hall–Kier alpha value is -3.34. The molecule has 1 aromatic carbocycles. The molecule has 0 aliphatic heterocycles. The van der Waals surface area contributed by atoms with E-state index in [0.717, 1.165) is 60.7 Å². The van der Waals surface area contributed by atoms with Crippen molar-refractivity contribution in [2.75, 3.05) is 5.32 Å². The number of fused-ring (bicyclic) bond motifs is 1. The number of aryl methyl sites for hydroxylation is 1. The van der Waals surface area contributed by atoms with Gasteiger partial charge < -0.3 is 11.1 Å². The molecule has 0 unspecified atom stereocenters. The lowest BCUT2D eigenvalue weighted by Gasteiger charge is -2.10. The van der Waals surface area contributed by atoms with Crippen LogP contribution in [-0.2, 0) is 12.8 Å². The molecule has 3 N–H and O–H groups in total. The van der Waals surface area contributed by atoms with Gasteiger partial charge >= 0.3 is 0 Å². The lowest BCUT2D eigenvalue weighted by atomic mass is 9.96. The predicted octanol–water partition coefficient (Wildman–Crippen LogP) is 3.57. The molecule has 0 atom stereocenters. The first-order valence-corrected chi connectivity index (χ1v) is 9.79. The third-order valence-corrected chi connectivity index (χ3v) is 5.94. The largest absolute Gasteiger partial charge is 0.365 e. The quantitative estimate of drug-likeness (QED) is 0.558. The van der Waals surface area contributed by atoms with Crippen molar-refractivity contribution in [1.82, 2.24) is 0 Å². The number of nitro groups is 2. The average Bonchev–Trinajstić information content (AvgIpc) is 2.97. The number of nitrogens with one attached hydrogen (secondary N) is 1. The average molecular weight is 418 g/mol. The number of nitrogens with zero attached hydrogens (tertiary/aromatic N) is 2. The number of anilines is 1. The van der Waals surface area contributed by atoms with Gasteiger partial charge in [0.1, 0.15) is 5.00 Å². The van der Waals surface area contributed by atoms with Gasteiger partial charge in [0.25, 0.3) is 23.2 Å². The van der Waals surface area contributed by atoms with Crippen LogP contribution in [0.4, 0.5) is 16.4 Å². The highest BCUT2D eigenvalue weighted by atomic mass is 32.1. The van der Waals surface area contributed by atoms with Gasteiger partial charge in [0, 0.05) is 17.0 Å². The van der Waals surface area contributed by atoms with Crippen LogP contribution in [0.2, 0.25) is 0 Å². The highest BCUT2D eigenvalue weighted by Crippen LogP contribution is 2.37. The van der Waals surface area contributed by atoms with E-state index in [9.17, 15) is 29.8 Å². The van der Waals surface area contributed by atoms with Crippen molar-refractivity contribution in [2.24, 2.45) is 5.73 Å². The van der Waals surface area contributed by atoms with Crippen LogP contribution in [0.15, 0.2) is 18.2 Å². The molecule has 11 heteroatoms. The molecular formula is C18H18N4O6S. The summed E-state index contributed by atoms with van der Waals surface area (Å²) in [5, 5.41) is 24.9. The molecule has 0 saturated carbocycles.